The van der Waals surface area contributed by atoms with Crippen LogP contribution in [0, 0.1) is 0 Å². The average Bonchev–Trinajstić information content (AvgIpc) is 2.32. The zero-order valence-electron chi connectivity index (χ0n) is 11.4. The van der Waals surface area contributed by atoms with Gasteiger partial charge in [-0.05, 0) is 44.4 Å². The summed E-state index contributed by atoms with van der Waals surface area (Å²) in [6.07, 6.45) is 3.46. The minimum absolute atomic E-state index is 0.0438. The predicted octanol–water partition coefficient (Wildman–Crippen LogP) is 2.51. The summed E-state index contributed by atoms with van der Waals surface area (Å²) in [5, 5.41) is 3.47. The van der Waals surface area contributed by atoms with Gasteiger partial charge >= 0.3 is 0 Å². The molecule has 0 atom stereocenters. The molecule has 0 aliphatic rings. The molecule has 0 spiro atoms. The third-order valence-electron chi connectivity index (χ3n) is 3.09. The summed E-state index contributed by atoms with van der Waals surface area (Å²) in [4.78, 5) is 0. The maximum Gasteiger partial charge on any atom is 0.0247 e. The molecule has 2 nitrogen and oxygen atoms in total. The zero-order chi connectivity index (χ0) is 12.7. The number of nitrogens with two attached hydrogens (primary N) is 1. The van der Waals surface area contributed by atoms with Crippen LogP contribution in [0.3, 0.4) is 0 Å². The fourth-order valence-corrected chi connectivity index (χ4v) is 1.78. The summed E-state index contributed by atoms with van der Waals surface area (Å²) in [5.74, 6) is 0. The van der Waals surface area contributed by atoms with Gasteiger partial charge in [0.15, 0.2) is 0 Å². The minimum Gasteiger partial charge on any atom is -0.329 e. The van der Waals surface area contributed by atoms with Crippen molar-refractivity contribution in [2.45, 2.75) is 45.6 Å². The molecular formula is C15H26N2. The second kappa shape index (κ2) is 6.77. The molecule has 0 amide bonds. The molecule has 0 aliphatic heterocycles. The van der Waals surface area contributed by atoms with Gasteiger partial charge in [-0.15, -0.1) is 0 Å². The second-order valence-electron chi connectivity index (χ2n) is 5.33. The summed E-state index contributed by atoms with van der Waals surface area (Å²) in [7, 11) is 0. The molecule has 0 radical (unpaired) electrons. The summed E-state index contributed by atoms with van der Waals surface area (Å²) in [6, 6.07) is 8.96. The fraction of sp³-hybridized carbons (Fsp3) is 0.600. The largest absolute Gasteiger partial charge is 0.329 e. The van der Waals surface area contributed by atoms with E-state index in [4.69, 9.17) is 5.73 Å². The molecule has 0 saturated carbocycles. The quantitative estimate of drug-likeness (QED) is 0.761. The van der Waals surface area contributed by atoms with Gasteiger partial charge in [-0.2, -0.15) is 0 Å². The SMILES string of the molecule is CCCc1ccc(CCNC(C)(C)CN)cc1. The molecule has 2 heteroatoms. The van der Waals surface area contributed by atoms with Crippen LogP contribution in [-0.4, -0.2) is 18.6 Å². The lowest BCUT2D eigenvalue weighted by Crippen LogP contribution is -2.46. The van der Waals surface area contributed by atoms with Gasteiger partial charge in [0.2, 0.25) is 0 Å². The molecule has 3 N–H and O–H groups in total. The Labute approximate surface area is 106 Å². The maximum atomic E-state index is 5.68. The van der Waals surface area contributed by atoms with E-state index in [9.17, 15) is 0 Å². The number of aryl methyl sites for hydroxylation is 1. The second-order valence-corrected chi connectivity index (χ2v) is 5.33. The van der Waals surface area contributed by atoms with Crippen LogP contribution in [0.4, 0.5) is 0 Å². The van der Waals surface area contributed by atoms with E-state index < -0.39 is 0 Å². The van der Waals surface area contributed by atoms with Crippen LogP contribution < -0.4 is 11.1 Å². The van der Waals surface area contributed by atoms with Gasteiger partial charge in [0.05, 0.1) is 0 Å². The van der Waals surface area contributed by atoms with Crippen LogP contribution in [0.5, 0.6) is 0 Å². The van der Waals surface area contributed by atoms with Gasteiger partial charge < -0.3 is 11.1 Å². The Balaban J connectivity index is 2.37. The number of benzene rings is 1. The van der Waals surface area contributed by atoms with Crippen LogP contribution in [0.15, 0.2) is 24.3 Å². The number of hydrogen-bond donors (Lipinski definition) is 2. The zero-order valence-corrected chi connectivity index (χ0v) is 11.4. The third-order valence-corrected chi connectivity index (χ3v) is 3.09. The molecule has 0 unspecified atom stereocenters. The highest BCUT2D eigenvalue weighted by molar-refractivity contribution is 5.22. The Morgan fingerprint density at radius 3 is 2.06 bits per heavy atom. The highest BCUT2D eigenvalue weighted by Gasteiger charge is 2.12. The molecule has 0 bridgehead atoms. The first-order valence-electron chi connectivity index (χ1n) is 6.60. The smallest absolute Gasteiger partial charge is 0.0247 e. The monoisotopic (exact) mass is 234 g/mol. The van der Waals surface area contributed by atoms with E-state index in [0.717, 1.165) is 13.0 Å². The van der Waals surface area contributed by atoms with Crippen molar-refractivity contribution in [2.75, 3.05) is 13.1 Å². The molecule has 0 aliphatic carbocycles. The van der Waals surface area contributed by atoms with Gasteiger partial charge in [0, 0.05) is 12.1 Å². The topological polar surface area (TPSA) is 38.0 Å². The van der Waals surface area contributed by atoms with Gasteiger partial charge in [-0.25, -0.2) is 0 Å². The highest BCUT2D eigenvalue weighted by Crippen LogP contribution is 2.07. The lowest BCUT2D eigenvalue weighted by atomic mass is 10.0. The fourth-order valence-electron chi connectivity index (χ4n) is 1.78. The van der Waals surface area contributed by atoms with E-state index in [1.54, 1.807) is 0 Å². The molecule has 1 rings (SSSR count). The molecule has 0 aromatic heterocycles. The van der Waals surface area contributed by atoms with Crippen molar-refractivity contribution in [3.63, 3.8) is 0 Å². The minimum atomic E-state index is 0.0438. The van der Waals surface area contributed by atoms with Crippen molar-refractivity contribution in [3.8, 4) is 0 Å². The van der Waals surface area contributed by atoms with Crippen molar-refractivity contribution < 1.29 is 0 Å². The Morgan fingerprint density at radius 1 is 1.06 bits per heavy atom. The van der Waals surface area contributed by atoms with Crippen LogP contribution in [0.1, 0.15) is 38.3 Å². The first-order valence-corrected chi connectivity index (χ1v) is 6.60. The Bertz CT molecular complexity index is 314. The molecule has 0 fully saturated rings. The standard InChI is InChI=1S/C15H26N2/c1-4-5-13-6-8-14(9-7-13)10-11-17-15(2,3)12-16/h6-9,17H,4-5,10-12,16H2,1-3H3. The molecule has 96 valence electrons. The molecule has 0 heterocycles. The first-order chi connectivity index (χ1) is 8.07. The Kier molecular flexibility index (Phi) is 5.66. The van der Waals surface area contributed by atoms with Crippen molar-refractivity contribution in [1.29, 1.82) is 0 Å². The Hall–Kier alpha value is -0.860. The van der Waals surface area contributed by atoms with Gasteiger partial charge in [0.1, 0.15) is 0 Å². The third kappa shape index (κ3) is 5.33. The van der Waals surface area contributed by atoms with Gasteiger partial charge in [-0.1, -0.05) is 37.6 Å². The Morgan fingerprint density at radius 2 is 1.59 bits per heavy atom. The molecule has 0 saturated heterocycles. The normalized spacial score (nSPS) is 11.8. The van der Waals surface area contributed by atoms with Crippen molar-refractivity contribution >= 4 is 0 Å². The molecule has 1 aromatic carbocycles. The summed E-state index contributed by atoms with van der Waals surface area (Å²) in [6.45, 7) is 8.14. The number of nitrogens with one attached hydrogen (secondary N) is 1. The lowest BCUT2D eigenvalue weighted by Gasteiger charge is -2.24. The van der Waals surface area contributed by atoms with E-state index in [2.05, 4.69) is 50.4 Å². The van der Waals surface area contributed by atoms with Crippen LogP contribution in [-0.2, 0) is 12.8 Å². The van der Waals surface area contributed by atoms with E-state index >= 15 is 0 Å². The number of rotatable bonds is 7. The van der Waals surface area contributed by atoms with E-state index in [0.29, 0.717) is 6.54 Å². The van der Waals surface area contributed by atoms with Crippen LogP contribution in [0.25, 0.3) is 0 Å². The van der Waals surface area contributed by atoms with E-state index in [1.165, 1.54) is 24.0 Å². The van der Waals surface area contributed by atoms with E-state index in [-0.39, 0.29) is 5.54 Å². The average molecular weight is 234 g/mol. The van der Waals surface area contributed by atoms with Crippen LogP contribution >= 0.6 is 0 Å². The summed E-state index contributed by atoms with van der Waals surface area (Å²) < 4.78 is 0. The summed E-state index contributed by atoms with van der Waals surface area (Å²) in [5.41, 5.74) is 8.55. The lowest BCUT2D eigenvalue weighted by molar-refractivity contribution is 0.402. The highest BCUT2D eigenvalue weighted by atomic mass is 15.0. The van der Waals surface area contributed by atoms with Crippen molar-refractivity contribution in [1.82, 2.24) is 5.32 Å². The number of hydrogen-bond acceptors (Lipinski definition) is 2. The predicted molar refractivity (Wildman–Crippen MR) is 75.3 cm³/mol. The van der Waals surface area contributed by atoms with Crippen LogP contribution in [0.2, 0.25) is 0 Å². The molecular weight excluding hydrogens is 208 g/mol. The van der Waals surface area contributed by atoms with E-state index in [1.807, 2.05) is 0 Å². The van der Waals surface area contributed by atoms with Crippen molar-refractivity contribution in [2.24, 2.45) is 5.73 Å². The van der Waals surface area contributed by atoms with Crippen molar-refractivity contribution in [3.05, 3.63) is 35.4 Å². The molecule has 1 aromatic rings. The first kappa shape index (κ1) is 14.2. The van der Waals surface area contributed by atoms with Gasteiger partial charge in [0.25, 0.3) is 0 Å². The van der Waals surface area contributed by atoms with Gasteiger partial charge in [-0.3, -0.25) is 0 Å². The summed E-state index contributed by atoms with van der Waals surface area (Å²) >= 11 is 0. The molecule has 17 heavy (non-hydrogen) atoms. The maximum absolute atomic E-state index is 5.68.